The van der Waals surface area contributed by atoms with Gasteiger partial charge in [-0.15, -0.1) is 0 Å². The Kier molecular flexibility index (Phi) is 5.98. The summed E-state index contributed by atoms with van der Waals surface area (Å²) in [4.78, 5) is 12.1. The Hall–Kier alpha value is -2.33. The van der Waals surface area contributed by atoms with Crippen molar-refractivity contribution in [3.05, 3.63) is 65.2 Å². The average Bonchev–Trinajstić information content (AvgIpc) is 2.54. The van der Waals surface area contributed by atoms with Gasteiger partial charge in [-0.1, -0.05) is 42.5 Å². The lowest BCUT2D eigenvalue weighted by atomic mass is 10.1. The van der Waals surface area contributed by atoms with Crippen LogP contribution in [-0.2, 0) is 29.1 Å². The van der Waals surface area contributed by atoms with Crippen LogP contribution in [0.3, 0.4) is 0 Å². The highest BCUT2D eigenvalue weighted by molar-refractivity contribution is 5.79. The van der Waals surface area contributed by atoms with E-state index in [1.807, 2.05) is 48.5 Å². The summed E-state index contributed by atoms with van der Waals surface area (Å²) in [6.45, 7) is 1.08. The molecule has 0 fully saturated rings. The number of amides is 1. The quantitative estimate of drug-likeness (QED) is 0.855. The normalized spacial score (nSPS) is 10.3. The number of benzene rings is 2. The minimum Gasteiger partial charge on any atom is -0.496 e. The molecular formula is C18H21NO3. The molecule has 2 rings (SSSR count). The van der Waals surface area contributed by atoms with Crippen LogP contribution in [0.4, 0.5) is 0 Å². The Morgan fingerprint density at radius 1 is 1.05 bits per heavy atom. The Morgan fingerprint density at radius 3 is 2.59 bits per heavy atom. The topological polar surface area (TPSA) is 47.6 Å². The van der Waals surface area contributed by atoms with Crippen molar-refractivity contribution in [3.63, 3.8) is 0 Å². The number of hydrogen-bond donors (Lipinski definition) is 1. The van der Waals surface area contributed by atoms with Crippen LogP contribution >= 0.6 is 0 Å². The van der Waals surface area contributed by atoms with Crippen LogP contribution in [0.25, 0.3) is 0 Å². The van der Waals surface area contributed by atoms with Gasteiger partial charge >= 0.3 is 0 Å². The zero-order chi connectivity index (χ0) is 15.8. The molecule has 0 saturated heterocycles. The molecule has 0 aliphatic carbocycles. The van der Waals surface area contributed by atoms with Crippen molar-refractivity contribution in [3.8, 4) is 5.75 Å². The van der Waals surface area contributed by atoms with Gasteiger partial charge in [-0.05, 0) is 17.2 Å². The summed E-state index contributed by atoms with van der Waals surface area (Å²) in [6.07, 6.45) is 0.307. The SMILES string of the molecule is COCc1cccc(CNC(=O)Cc2ccccc2OC)c1. The molecule has 0 atom stereocenters. The van der Waals surface area contributed by atoms with Gasteiger partial charge in [-0.3, -0.25) is 4.79 Å². The lowest BCUT2D eigenvalue weighted by Crippen LogP contribution is -2.24. The Morgan fingerprint density at radius 2 is 1.82 bits per heavy atom. The Labute approximate surface area is 131 Å². The summed E-state index contributed by atoms with van der Waals surface area (Å²) in [7, 11) is 3.28. The van der Waals surface area contributed by atoms with Crippen molar-refractivity contribution in [2.24, 2.45) is 0 Å². The maximum Gasteiger partial charge on any atom is 0.224 e. The molecule has 0 heterocycles. The smallest absolute Gasteiger partial charge is 0.224 e. The van der Waals surface area contributed by atoms with Crippen LogP contribution in [-0.4, -0.2) is 20.1 Å². The van der Waals surface area contributed by atoms with Gasteiger partial charge < -0.3 is 14.8 Å². The Balaban J connectivity index is 1.91. The summed E-state index contributed by atoms with van der Waals surface area (Å²) in [6, 6.07) is 15.5. The highest BCUT2D eigenvalue weighted by Crippen LogP contribution is 2.17. The highest BCUT2D eigenvalue weighted by Gasteiger charge is 2.08. The summed E-state index contributed by atoms with van der Waals surface area (Å²) < 4.78 is 10.4. The molecule has 1 N–H and O–H groups in total. The van der Waals surface area contributed by atoms with Crippen molar-refractivity contribution in [2.75, 3.05) is 14.2 Å². The molecule has 0 aliphatic rings. The number of hydrogen-bond acceptors (Lipinski definition) is 3. The first kappa shape index (κ1) is 16.0. The van der Waals surface area contributed by atoms with Gasteiger partial charge in [0.2, 0.25) is 5.91 Å². The van der Waals surface area contributed by atoms with E-state index in [0.717, 1.165) is 22.4 Å². The maximum absolute atomic E-state index is 12.1. The molecule has 0 unspecified atom stereocenters. The van der Waals surface area contributed by atoms with E-state index < -0.39 is 0 Å². The zero-order valence-electron chi connectivity index (χ0n) is 13.0. The molecule has 4 nitrogen and oxygen atoms in total. The third-order valence-electron chi connectivity index (χ3n) is 3.34. The number of para-hydroxylation sites is 1. The standard InChI is InChI=1S/C18H21NO3/c1-21-13-15-7-5-6-14(10-15)12-19-18(20)11-16-8-3-4-9-17(16)22-2/h3-10H,11-13H2,1-2H3,(H,19,20). The molecule has 0 bridgehead atoms. The molecule has 2 aromatic rings. The van der Waals surface area contributed by atoms with Gasteiger partial charge in [0.25, 0.3) is 0 Å². The van der Waals surface area contributed by atoms with Gasteiger partial charge in [0.1, 0.15) is 5.75 Å². The molecule has 0 aromatic heterocycles. The fourth-order valence-electron chi connectivity index (χ4n) is 2.28. The van der Waals surface area contributed by atoms with Gasteiger partial charge in [-0.25, -0.2) is 0 Å². The predicted molar refractivity (Wildman–Crippen MR) is 85.7 cm³/mol. The fourth-order valence-corrected chi connectivity index (χ4v) is 2.28. The zero-order valence-corrected chi connectivity index (χ0v) is 13.0. The first-order valence-electron chi connectivity index (χ1n) is 7.18. The van der Waals surface area contributed by atoms with Crippen LogP contribution in [0.2, 0.25) is 0 Å². The van der Waals surface area contributed by atoms with Crippen molar-refractivity contribution >= 4 is 5.91 Å². The molecule has 116 valence electrons. The maximum atomic E-state index is 12.1. The van der Waals surface area contributed by atoms with E-state index in [9.17, 15) is 4.79 Å². The molecule has 0 radical (unpaired) electrons. The van der Waals surface area contributed by atoms with Crippen molar-refractivity contribution in [1.29, 1.82) is 0 Å². The Bertz CT molecular complexity index is 625. The van der Waals surface area contributed by atoms with Crippen LogP contribution in [0, 0.1) is 0 Å². The number of nitrogens with one attached hydrogen (secondary N) is 1. The monoisotopic (exact) mass is 299 g/mol. The second-order valence-corrected chi connectivity index (χ2v) is 5.02. The number of carbonyl (C=O) groups excluding carboxylic acids is 1. The second-order valence-electron chi connectivity index (χ2n) is 5.02. The van der Waals surface area contributed by atoms with Crippen LogP contribution < -0.4 is 10.1 Å². The largest absolute Gasteiger partial charge is 0.496 e. The minimum atomic E-state index is -0.0263. The van der Waals surface area contributed by atoms with E-state index in [-0.39, 0.29) is 5.91 Å². The number of methoxy groups -OCH3 is 2. The molecular weight excluding hydrogens is 278 g/mol. The first-order valence-corrected chi connectivity index (χ1v) is 7.18. The van der Waals surface area contributed by atoms with Gasteiger partial charge in [0.05, 0.1) is 20.1 Å². The third-order valence-corrected chi connectivity index (χ3v) is 3.34. The third kappa shape index (κ3) is 4.60. The second kappa shape index (κ2) is 8.20. The van der Waals surface area contributed by atoms with E-state index in [0.29, 0.717) is 19.6 Å². The van der Waals surface area contributed by atoms with Crippen molar-refractivity contribution in [1.82, 2.24) is 5.32 Å². The number of rotatable bonds is 7. The molecule has 0 spiro atoms. The van der Waals surface area contributed by atoms with Gasteiger partial charge in [-0.2, -0.15) is 0 Å². The van der Waals surface area contributed by atoms with E-state index >= 15 is 0 Å². The lowest BCUT2D eigenvalue weighted by Gasteiger charge is -2.09. The molecule has 0 saturated carbocycles. The van der Waals surface area contributed by atoms with Crippen LogP contribution in [0.15, 0.2) is 48.5 Å². The van der Waals surface area contributed by atoms with E-state index in [4.69, 9.17) is 9.47 Å². The summed E-state index contributed by atoms with van der Waals surface area (Å²) in [5.41, 5.74) is 3.04. The van der Waals surface area contributed by atoms with E-state index in [1.54, 1.807) is 14.2 Å². The van der Waals surface area contributed by atoms with Gasteiger partial charge in [0.15, 0.2) is 0 Å². The first-order chi connectivity index (χ1) is 10.7. The average molecular weight is 299 g/mol. The van der Waals surface area contributed by atoms with Crippen molar-refractivity contribution in [2.45, 2.75) is 19.6 Å². The van der Waals surface area contributed by atoms with E-state index in [2.05, 4.69) is 5.32 Å². The predicted octanol–water partition coefficient (Wildman–Crippen LogP) is 2.70. The van der Waals surface area contributed by atoms with Crippen molar-refractivity contribution < 1.29 is 14.3 Å². The summed E-state index contributed by atoms with van der Waals surface area (Å²) >= 11 is 0. The minimum absolute atomic E-state index is 0.0263. The van der Waals surface area contributed by atoms with Gasteiger partial charge in [0, 0.05) is 19.2 Å². The fraction of sp³-hybridized carbons (Fsp3) is 0.278. The summed E-state index contributed by atoms with van der Waals surface area (Å²) in [5, 5.41) is 2.93. The van der Waals surface area contributed by atoms with E-state index in [1.165, 1.54) is 0 Å². The molecule has 1 amide bonds. The molecule has 0 aliphatic heterocycles. The molecule has 4 heteroatoms. The van der Waals surface area contributed by atoms with Crippen LogP contribution in [0.1, 0.15) is 16.7 Å². The van der Waals surface area contributed by atoms with Crippen LogP contribution in [0.5, 0.6) is 5.75 Å². The lowest BCUT2D eigenvalue weighted by molar-refractivity contribution is -0.120. The highest BCUT2D eigenvalue weighted by atomic mass is 16.5. The molecule has 22 heavy (non-hydrogen) atoms. The summed E-state index contributed by atoms with van der Waals surface area (Å²) in [5.74, 6) is 0.710. The molecule has 2 aromatic carbocycles. The number of ether oxygens (including phenoxy) is 2. The number of carbonyl (C=O) groups is 1.